The quantitative estimate of drug-likeness (QED) is 0.351. The molecule has 0 fully saturated rings. The van der Waals surface area contributed by atoms with Crippen LogP contribution in [0.3, 0.4) is 0 Å². The molecular formula is C3H7ClO3S. The minimum absolute atomic E-state index is 0.220. The predicted molar refractivity (Wildman–Crippen MR) is 31.9 cm³/mol. The molecule has 0 aliphatic heterocycles. The van der Waals surface area contributed by atoms with Crippen LogP contribution in [-0.4, -0.2) is 26.8 Å². The second-order valence-electron chi connectivity index (χ2n) is 1.06. The number of thiol groups is 1. The van der Waals surface area contributed by atoms with E-state index in [0.29, 0.717) is 12.5 Å². The normalized spacial score (nSPS) is 10.2. The molecule has 8 heavy (non-hydrogen) atoms. The Labute approximate surface area is 54.5 Å². The first-order valence-electron chi connectivity index (χ1n) is 2.03. The largest absolute Gasteiger partial charge is 0.365 e. The second kappa shape index (κ2) is 5.34. The molecule has 0 spiro atoms. The zero-order valence-corrected chi connectivity index (χ0v) is 5.82. The van der Waals surface area contributed by atoms with Gasteiger partial charge in [-0.2, -0.15) is 0 Å². The number of halogens is 1. The summed E-state index contributed by atoms with van der Waals surface area (Å²) in [7, 11) is -2.39. The van der Waals surface area contributed by atoms with Crippen LogP contribution >= 0.6 is 11.6 Å². The van der Waals surface area contributed by atoms with Crippen molar-refractivity contribution in [3.63, 3.8) is 0 Å². The molecule has 5 heteroatoms. The lowest BCUT2D eigenvalue weighted by molar-refractivity contribution is 0.196. The first-order valence-corrected chi connectivity index (χ1v) is 3.92. The van der Waals surface area contributed by atoms with Gasteiger partial charge in [-0.05, 0) is 0 Å². The summed E-state index contributed by atoms with van der Waals surface area (Å²) >= 11 is 5.16. The van der Waals surface area contributed by atoms with Crippen LogP contribution in [0, 0.1) is 0 Å². The topological polar surface area (TPSA) is 43.4 Å². The van der Waals surface area contributed by atoms with E-state index in [9.17, 15) is 8.42 Å². The Morgan fingerprint density at radius 3 is 2.50 bits per heavy atom. The number of rotatable bonds is 4. The lowest BCUT2D eigenvalue weighted by Crippen LogP contribution is -1.98. The molecule has 0 aliphatic rings. The van der Waals surface area contributed by atoms with E-state index in [2.05, 4.69) is 4.74 Å². The molecule has 0 heterocycles. The Kier molecular flexibility index (Phi) is 5.47. The van der Waals surface area contributed by atoms with Gasteiger partial charge >= 0.3 is 0 Å². The standard InChI is InChI=1S/C3H7ClO3S/c4-1-2-7-3-8(5)6/h8H,1-3H2. The lowest BCUT2D eigenvalue weighted by atomic mass is 10.9. The van der Waals surface area contributed by atoms with E-state index < -0.39 is 10.7 Å². The van der Waals surface area contributed by atoms with Crippen LogP contribution in [0.5, 0.6) is 0 Å². The Morgan fingerprint density at radius 1 is 1.50 bits per heavy atom. The van der Waals surface area contributed by atoms with Crippen LogP contribution in [0.2, 0.25) is 0 Å². The number of ether oxygens (including phenoxy) is 1. The first kappa shape index (κ1) is 8.20. The zero-order valence-electron chi connectivity index (χ0n) is 4.17. The summed E-state index contributed by atoms with van der Waals surface area (Å²) in [6.07, 6.45) is 0. The average molecular weight is 159 g/mol. The number of hydrogen-bond acceptors (Lipinski definition) is 3. The summed E-state index contributed by atoms with van der Waals surface area (Å²) in [4.78, 5) is 0. The highest BCUT2D eigenvalue weighted by molar-refractivity contribution is 7.72. The maximum absolute atomic E-state index is 9.74. The number of hydrogen-bond donors (Lipinski definition) is 1. The van der Waals surface area contributed by atoms with E-state index in [1.54, 1.807) is 0 Å². The fraction of sp³-hybridized carbons (Fsp3) is 1.00. The first-order chi connectivity index (χ1) is 3.77. The number of alkyl halides is 1. The van der Waals surface area contributed by atoms with Crippen LogP contribution in [0.15, 0.2) is 0 Å². The highest BCUT2D eigenvalue weighted by Gasteiger charge is 1.84. The van der Waals surface area contributed by atoms with Gasteiger partial charge in [0, 0.05) is 5.88 Å². The second-order valence-corrected chi connectivity index (χ2v) is 2.36. The van der Waals surface area contributed by atoms with Crippen molar-refractivity contribution in [2.24, 2.45) is 0 Å². The van der Waals surface area contributed by atoms with E-state index in [4.69, 9.17) is 11.6 Å². The summed E-state index contributed by atoms with van der Waals surface area (Å²) in [6, 6.07) is 0. The average Bonchev–Trinajstić information content (AvgIpc) is 1.66. The van der Waals surface area contributed by atoms with E-state index in [-0.39, 0.29) is 5.94 Å². The van der Waals surface area contributed by atoms with Gasteiger partial charge in [-0.3, -0.25) is 0 Å². The molecule has 50 valence electrons. The van der Waals surface area contributed by atoms with Crippen molar-refractivity contribution in [3.05, 3.63) is 0 Å². The Balaban J connectivity index is 2.94. The van der Waals surface area contributed by atoms with Gasteiger partial charge in [-0.15, -0.1) is 11.6 Å². The molecular weight excluding hydrogens is 152 g/mol. The van der Waals surface area contributed by atoms with Gasteiger partial charge in [-0.1, -0.05) is 0 Å². The molecule has 0 aliphatic carbocycles. The molecule has 0 aromatic carbocycles. The maximum Gasteiger partial charge on any atom is 0.164 e. The molecule has 0 amide bonds. The van der Waals surface area contributed by atoms with Crippen LogP contribution in [-0.2, 0) is 15.4 Å². The van der Waals surface area contributed by atoms with Crippen molar-refractivity contribution in [3.8, 4) is 0 Å². The third-order valence-electron chi connectivity index (χ3n) is 0.418. The van der Waals surface area contributed by atoms with Crippen LogP contribution < -0.4 is 0 Å². The van der Waals surface area contributed by atoms with Gasteiger partial charge < -0.3 is 4.74 Å². The highest BCUT2D eigenvalue weighted by atomic mass is 35.5. The molecule has 0 aromatic heterocycles. The SMILES string of the molecule is O=[SH](=O)COCCCl. The molecule has 3 nitrogen and oxygen atoms in total. The molecule has 0 atom stereocenters. The lowest BCUT2D eigenvalue weighted by Gasteiger charge is -1.90. The molecule has 0 rings (SSSR count). The van der Waals surface area contributed by atoms with E-state index in [0.717, 1.165) is 0 Å². The minimum atomic E-state index is -2.39. The van der Waals surface area contributed by atoms with Gasteiger partial charge in [0.15, 0.2) is 10.7 Å². The Bertz CT molecular complexity index is 103. The molecule has 0 saturated carbocycles. The van der Waals surface area contributed by atoms with Crippen LogP contribution in [0.4, 0.5) is 0 Å². The van der Waals surface area contributed by atoms with E-state index in [1.807, 2.05) is 0 Å². The van der Waals surface area contributed by atoms with E-state index in [1.165, 1.54) is 0 Å². The fourth-order valence-corrected chi connectivity index (χ4v) is 0.581. The van der Waals surface area contributed by atoms with Crippen molar-refractivity contribution in [2.45, 2.75) is 0 Å². The summed E-state index contributed by atoms with van der Waals surface area (Å²) in [5.74, 6) is 0.116. The van der Waals surface area contributed by atoms with Gasteiger partial charge in [0.25, 0.3) is 0 Å². The Hall–Kier alpha value is 0.200. The summed E-state index contributed by atoms with van der Waals surface area (Å²) < 4.78 is 24.0. The van der Waals surface area contributed by atoms with Crippen molar-refractivity contribution < 1.29 is 13.2 Å². The van der Waals surface area contributed by atoms with Crippen molar-refractivity contribution in [1.29, 1.82) is 0 Å². The predicted octanol–water partition coefficient (Wildman–Crippen LogP) is -0.189. The smallest absolute Gasteiger partial charge is 0.164 e. The summed E-state index contributed by atoms with van der Waals surface area (Å²) in [6.45, 7) is 0.296. The molecule has 0 saturated heterocycles. The minimum Gasteiger partial charge on any atom is -0.365 e. The maximum atomic E-state index is 9.74. The van der Waals surface area contributed by atoms with Crippen LogP contribution in [0.25, 0.3) is 0 Å². The van der Waals surface area contributed by atoms with Gasteiger partial charge in [0.1, 0.15) is 5.94 Å². The van der Waals surface area contributed by atoms with E-state index >= 15 is 0 Å². The molecule has 0 radical (unpaired) electrons. The van der Waals surface area contributed by atoms with Crippen molar-refractivity contribution >= 4 is 22.3 Å². The summed E-state index contributed by atoms with van der Waals surface area (Å²) in [5, 5.41) is 0. The van der Waals surface area contributed by atoms with Crippen molar-refractivity contribution in [2.75, 3.05) is 18.4 Å². The summed E-state index contributed by atoms with van der Waals surface area (Å²) in [5.41, 5.74) is 0. The highest BCUT2D eigenvalue weighted by Crippen LogP contribution is 1.77. The van der Waals surface area contributed by atoms with Crippen LogP contribution in [0.1, 0.15) is 0 Å². The zero-order chi connectivity index (χ0) is 6.41. The molecule has 0 bridgehead atoms. The third kappa shape index (κ3) is 6.20. The Morgan fingerprint density at radius 2 is 2.12 bits per heavy atom. The van der Waals surface area contributed by atoms with Gasteiger partial charge in [-0.25, -0.2) is 8.42 Å². The molecule has 0 aromatic rings. The monoisotopic (exact) mass is 158 g/mol. The van der Waals surface area contributed by atoms with Gasteiger partial charge in [0.2, 0.25) is 0 Å². The van der Waals surface area contributed by atoms with Crippen molar-refractivity contribution in [1.82, 2.24) is 0 Å². The molecule has 0 unspecified atom stereocenters. The third-order valence-corrected chi connectivity index (χ3v) is 0.966. The fourth-order valence-electron chi connectivity index (χ4n) is 0.194. The molecule has 0 N–H and O–H groups in total. The van der Waals surface area contributed by atoms with Gasteiger partial charge in [0.05, 0.1) is 6.61 Å².